The number of amides is 1. The van der Waals surface area contributed by atoms with Crippen molar-refractivity contribution in [3.05, 3.63) is 83.2 Å². The lowest BCUT2D eigenvalue weighted by Crippen LogP contribution is -2.49. The molecule has 3 heterocycles. The molecule has 200 valence electrons. The Bertz CT molecular complexity index is 1250. The Morgan fingerprint density at radius 2 is 1.66 bits per heavy atom. The highest BCUT2D eigenvalue weighted by Crippen LogP contribution is 2.32. The molecule has 0 saturated carbocycles. The molecule has 2 fully saturated rings. The minimum absolute atomic E-state index is 0.106. The van der Waals surface area contributed by atoms with E-state index in [2.05, 4.69) is 34.1 Å². The highest BCUT2D eigenvalue weighted by atomic mass is 16.5. The third-order valence-electron chi connectivity index (χ3n) is 7.84. The quantitative estimate of drug-likeness (QED) is 0.454. The van der Waals surface area contributed by atoms with Gasteiger partial charge in [0.05, 0.1) is 25.5 Å². The Balaban J connectivity index is 1.23. The number of aromatic nitrogens is 1. The van der Waals surface area contributed by atoms with Crippen molar-refractivity contribution in [1.82, 2.24) is 14.8 Å². The fourth-order valence-corrected chi connectivity index (χ4v) is 5.65. The van der Waals surface area contributed by atoms with Crippen LogP contribution in [0.4, 0.5) is 5.69 Å². The number of benzene rings is 2. The van der Waals surface area contributed by atoms with Crippen LogP contribution in [-0.4, -0.2) is 74.2 Å². The van der Waals surface area contributed by atoms with Gasteiger partial charge in [0, 0.05) is 61.7 Å². The number of piperazine rings is 1. The van der Waals surface area contributed by atoms with Gasteiger partial charge < -0.3 is 19.3 Å². The Morgan fingerprint density at radius 1 is 0.895 bits per heavy atom. The molecule has 1 aromatic heterocycles. The smallest absolute Gasteiger partial charge is 0.255 e. The van der Waals surface area contributed by atoms with Crippen LogP contribution >= 0.6 is 0 Å². The summed E-state index contributed by atoms with van der Waals surface area (Å²) in [4.78, 5) is 25.4. The van der Waals surface area contributed by atoms with Crippen LogP contribution in [0.25, 0.3) is 0 Å². The fourth-order valence-electron chi connectivity index (χ4n) is 5.65. The van der Waals surface area contributed by atoms with Crippen molar-refractivity contribution in [3.8, 4) is 11.5 Å². The predicted molar refractivity (Wildman–Crippen MR) is 150 cm³/mol. The predicted octanol–water partition coefficient (Wildman–Crippen LogP) is 4.75. The van der Waals surface area contributed by atoms with Crippen LogP contribution in [0, 0.1) is 6.92 Å². The lowest BCUT2D eigenvalue weighted by atomic mass is 9.89. The van der Waals surface area contributed by atoms with E-state index >= 15 is 0 Å². The van der Waals surface area contributed by atoms with E-state index in [-0.39, 0.29) is 5.91 Å². The van der Waals surface area contributed by atoms with Gasteiger partial charge >= 0.3 is 0 Å². The molecule has 38 heavy (non-hydrogen) atoms. The summed E-state index contributed by atoms with van der Waals surface area (Å²) in [7, 11) is 3.42. The summed E-state index contributed by atoms with van der Waals surface area (Å²) in [5.41, 5.74) is 5.06. The summed E-state index contributed by atoms with van der Waals surface area (Å²) in [6, 6.07) is 20.3. The second kappa shape index (κ2) is 11.9. The minimum Gasteiger partial charge on any atom is -0.497 e. The molecule has 0 unspecified atom stereocenters. The van der Waals surface area contributed by atoms with Crippen molar-refractivity contribution < 1.29 is 14.3 Å². The molecule has 0 bridgehead atoms. The second-order valence-corrected chi connectivity index (χ2v) is 10.2. The van der Waals surface area contributed by atoms with Crippen molar-refractivity contribution in [1.29, 1.82) is 0 Å². The number of carbonyl (C=O) groups is 1. The third-order valence-corrected chi connectivity index (χ3v) is 7.84. The fraction of sp³-hybridized carbons (Fsp3) is 0.419. The molecule has 2 aromatic carbocycles. The van der Waals surface area contributed by atoms with Crippen molar-refractivity contribution in [2.24, 2.45) is 0 Å². The van der Waals surface area contributed by atoms with Gasteiger partial charge in [0.2, 0.25) is 0 Å². The van der Waals surface area contributed by atoms with E-state index in [4.69, 9.17) is 14.5 Å². The first-order valence-electron chi connectivity index (χ1n) is 13.6. The summed E-state index contributed by atoms with van der Waals surface area (Å²) < 4.78 is 10.9. The topological polar surface area (TPSA) is 58.1 Å². The number of likely N-dealkylation sites (tertiary alicyclic amines) is 1. The largest absolute Gasteiger partial charge is 0.497 e. The molecule has 1 amide bonds. The molecule has 7 heteroatoms. The number of ether oxygens (including phenoxy) is 2. The van der Waals surface area contributed by atoms with Crippen LogP contribution in [0.2, 0.25) is 0 Å². The molecule has 5 rings (SSSR count). The number of piperidine rings is 1. The summed E-state index contributed by atoms with van der Waals surface area (Å²) in [5, 5.41) is 0. The number of pyridine rings is 1. The monoisotopic (exact) mass is 514 g/mol. The second-order valence-electron chi connectivity index (χ2n) is 10.2. The Morgan fingerprint density at radius 3 is 2.39 bits per heavy atom. The maximum absolute atomic E-state index is 13.7. The van der Waals surface area contributed by atoms with Gasteiger partial charge in [-0.15, -0.1) is 0 Å². The van der Waals surface area contributed by atoms with Crippen molar-refractivity contribution in [2.45, 2.75) is 32.2 Å². The summed E-state index contributed by atoms with van der Waals surface area (Å²) in [6.45, 7) is 7.84. The van der Waals surface area contributed by atoms with Crippen molar-refractivity contribution in [2.75, 3.05) is 58.4 Å². The van der Waals surface area contributed by atoms with Crippen molar-refractivity contribution >= 4 is 11.6 Å². The van der Waals surface area contributed by atoms with Gasteiger partial charge in [0.25, 0.3) is 5.91 Å². The SMILES string of the molecule is COc1cccc(N2CCN(C(=O)c3ccc(C)nc3C3CCN(Cc4ccccc4OC)CC3)CC2)c1. The molecular weight excluding hydrogens is 476 g/mol. The lowest BCUT2D eigenvalue weighted by Gasteiger charge is -2.37. The van der Waals surface area contributed by atoms with Crippen LogP contribution in [0.15, 0.2) is 60.7 Å². The van der Waals surface area contributed by atoms with E-state index in [0.29, 0.717) is 19.0 Å². The van der Waals surface area contributed by atoms with Gasteiger partial charge in [-0.05, 0) is 63.2 Å². The normalized spacial score (nSPS) is 16.9. The molecule has 0 aliphatic carbocycles. The average Bonchev–Trinajstić information content (AvgIpc) is 2.97. The number of para-hydroxylation sites is 1. The van der Waals surface area contributed by atoms with Gasteiger partial charge in [0.15, 0.2) is 0 Å². The van der Waals surface area contributed by atoms with E-state index in [9.17, 15) is 4.79 Å². The maximum atomic E-state index is 13.7. The van der Waals surface area contributed by atoms with E-state index in [1.165, 1.54) is 5.56 Å². The number of carbonyl (C=O) groups excluding carboxylic acids is 1. The van der Waals surface area contributed by atoms with E-state index in [0.717, 1.165) is 79.7 Å². The zero-order chi connectivity index (χ0) is 26.5. The molecule has 2 aliphatic heterocycles. The zero-order valence-corrected chi connectivity index (χ0v) is 22.7. The lowest BCUT2D eigenvalue weighted by molar-refractivity contribution is 0.0743. The Hall–Kier alpha value is -3.58. The highest BCUT2D eigenvalue weighted by molar-refractivity contribution is 5.95. The maximum Gasteiger partial charge on any atom is 0.255 e. The molecule has 0 atom stereocenters. The molecule has 3 aromatic rings. The molecular formula is C31H38N4O3. The van der Waals surface area contributed by atoms with Gasteiger partial charge in [-0.3, -0.25) is 14.7 Å². The molecule has 2 aliphatic rings. The number of hydrogen-bond donors (Lipinski definition) is 0. The molecule has 0 radical (unpaired) electrons. The number of methoxy groups -OCH3 is 2. The van der Waals surface area contributed by atoms with Crippen LogP contribution in [0.1, 0.15) is 46.1 Å². The first-order chi connectivity index (χ1) is 18.6. The van der Waals surface area contributed by atoms with Crippen LogP contribution in [0.3, 0.4) is 0 Å². The number of anilines is 1. The summed E-state index contributed by atoms with van der Waals surface area (Å²) in [6.07, 6.45) is 1.99. The average molecular weight is 515 g/mol. The van der Waals surface area contributed by atoms with Crippen LogP contribution < -0.4 is 14.4 Å². The summed E-state index contributed by atoms with van der Waals surface area (Å²) in [5.74, 6) is 2.19. The van der Waals surface area contributed by atoms with Gasteiger partial charge in [0.1, 0.15) is 11.5 Å². The van der Waals surface area contributed by atoms with E-state index in [1.807, 2.05) is 48.2 Å². The number of nitrogens with zero attached hydrogens (tertiary/aromatic N) is 4. The first-order valence-corrected chi connectivity index (χ1v) is 13.6. The zero-order valence-electron chi connectivity index (χ0n) is 22.7. The van der Waals surface area contributed by atoms with Gasteiger partial charge in [-0.25, -0.2) is 0 Å². The highest BCUT2D eigenvalue weighted by Gasteiger charge is 2.29. The Labute approximate surface area is 226 Å². The molecule has 2 saturated heterocycles. The molecule has 7 nitrogen and oxygen atoms in total. The minimum atomic E-state index is 0.106. The van der Waals surface area contributed by atoms with E-state index < -0.39 is 0 Å². The van der Waals surface area contributed by atoms with Crippen molar-refractivity contribution in [3.63, 3.8) is 0 Å². The van der Waals surface area contributed by atoms with Gasteiger partial charge in [-0.2, -0.15) is 0 Å². The van der Waals surface area contributed by atoms with Crippen LogP contribution in [-0.2, 0) is 6.54 Å². The molecule has 0 N–H and O–H groups in total. The summed E-state index contributed by atoms with van der Waals surface area (Å²) >= 11 is 0. The number of aryl methyl sites for hydroxylation is 1. The number of rotatable bonds is 7. The Kier molecular flexibility index (Phi) is 8.13. The van der Waals surface area contributed by atoms with Gasteiger partial charge in [-0.1, -0.05) is 24.3 Å². The first kappa shape index (κ1) is 26.0. The number of hydrogen-bond acceptors (Lipinski definition) is 6. The molecule has 0 spiro atoms. The van der Waals surface area contributed by atoms with Crippen LogP contribution in [0.5, 0.6) is 11.5 Å². The standard InChI is InChI=1S/C31H38N4O3/c1-23-11-12-28(31(36)35-19-17-34(18-20-35)26-8-6-9-27(21-26)37-2)30(32-23)24-13-15-33(16-14-24)22-25-7-4-5-10-29(25)38-3/h4-12,21,24H,13-20,22H2,1-3H3. The van der Waals surface area contributed by atoms with E-state index in [1.54, 1.807) is 14.2 Å². The third kappa shape index (κ3) is 5.78.